The molecule has 3 nitrogen and oxygen atoms in total. The van der Waals surface area contributed by atoms with Crippen LogP contribution in [0, 0.1) is 13.8 Å². The highest BCUT2D eigenvalue weighted by molar-refractivity contribution is 5.54. The molecule has 0 bridgehead atoms. The van der Waals surface area contributed by atoms with Gasteiger partial charge in [-0.3, -0.25) is 0 Å². The predicted molar refractivity (Wildman–Crippen MR) is 74.6 cm³/mol. The first-order valence-electron chi connectivity index (χ1n) is 6.15. The zero-order valence-electron chi connectivity index (χ0n) is 11.2. The Morgan fingerprint density at radius 1 is 1.22 bits per heavy atom. The SMILES string of the molecule is Cc1ccc(N(C)Cc2ccoc2CN)c(C)c1. The first kappa shape index (κ1) is 12.7. The highest BCUT2D eigenvalue weighted by Crippen LogP contribution is 2.22. The maximum atomic E-state index is 5.65. The van der Waals surface area contributed by atoms with Crippen LogP contribution in [0.3, 0.4) is 0 Å². The standard InChI is InChI=1S/C15H20N2O/c1-11-4-5-14(12(2)8-11)17(3)10-13-6-7-18-15(13)9-16/h4-8H,9-10,16H2,1-3H3. The van der Waals surface area contributed by atoms with Crippen LogP contribution in [-0.2, 0) is 13.1 Å². The van der Waals surface area contributed by atoms with Crippen LogP contribution in [-0.4, -0.2) is 7.05 Å². The molecule has 0 aliphatic heterocycles. The molecule has 0 aliphatic rings. The molecule has 0 radical (unpaired) electrons. The lowest BCUT2D eigenvalue weighted by molar-refractivity contribution is 0.507. The van der Waals surface area contributed by atoms with Gasteiger partial charge in [-0.15, -0.1) is 0 Å². The van der Waals surface area contributed by atoms with E-state index in [0.29, 0.717) is 6.54 Å². The molecule has 2 N–H and O–H groups in total. The van der Waals surface area contributed by atoms with Crippen molar-refractivity contribution in [3.63, 3.8) is 0 Å². The molecule has 3 heteroatoms. The minimum Gasteiger partial charge on any atom is -0.468 e. The smallest absolute Gasteiger partial charge is 0.122 e. The van der Waals surface area contributed by atoms with E-state index in [0.717, 1.165) is 17.9 Å². The van der Waals surface area contributed by atoms with E-state index in [1.54, 1.807) is 6.26 Å². The number of nitrogens with zero attached hydrogens (tertiary/aromatic N) is 1. The molecular formula is C15H20N2O. The summed E-state index contributed by atoms with van der Waals surface area (Å²) in [7, 11) is 2.09. The second kappa shape index (κ2) is 5.27. The Morgan fingerprint density at radius 2 is 2.00 bits per heavy atom. The van der Waals surface area contributed by atoms with E-state index in [4.69, 9.17) is 10.2 Å². The van der Waals surface area contributed by atoms with E-state index >= 15 is 0 Å². The van der Waals surface area contributed by atoms with Crippen molar-refractivity contribution in [3.8, 4) is 0 Å². The number of nitrogens with two attached hydrogens (primary N) is 1. The van der Waals surface area contributed by atoms with Gasteiger partial charge in [-0.2, -0.15) is 0 Å². The van der Waals surface area contributed by atoms with Gasteiger partial charge in [0, 0.05) is 24.8 Å². The van der Waals surface area contributed by atoms with Gasteiger partial charge in [-0.05, 0) is 31.5 Å². The number of hydrogen-bond donors (Lipinski definition) is 1. The van der Waals surface area contributed by atoms with Gasteiger partial charge < -0.3 is 15.1 Å². The Bertz CT molecular complexity index is 531. The highest BCUT2D eigenvalue weighted by atomic mass is 16.3. The lowest BCUT2D eigenvalue weighted by Crippen LogP contribution is -2.18. The summed E-state index contributed by atoms with van der Waals surface area (Å²) in [6.45, 7) is 5.51. The third-order valence-electron chi connectivity index (χ3n) is 3.19. The van der Waals surface area contributed by atoms with E-state index in [9.17, 15) is 0 Å². The Kier molecular flexibility index (Phi) is 3.72. The molecule has 0 amide bonds. The number of anilines is 1. The fourth-order valence-electron chi connectivity index (χ4n) is 2.26. The van der Waals surface area contributed by atoms with Gasteiger partial charge in [0.15, 0.2) is 0 Å². The number of furan rings is 1. The minimum atomic E-state index is 0.447. The van der Waals surface area contributed by atoms with Gasteiger partial charge in [0.2, 0.25) is 0 Å². The first-order chi connectivity index (χ1) is 8.61. The summed E-state index contributed by atoms with van der Waals surface area (Å²) in [5, 5.41) is 0. The fourth-order valence-corrected chi connectivity index (χ4v) is 2.26. The third-order valence-corrected chi connectivity index (χ3v) is 3.19. The van der Waals surface area contributed by atoms with E-state index in [2.05, 4.69) is 44.0 Å². The maximum Gasteiger partial charge on any atom is 0.122 e. The number of benzene rings is 1. The normalized spacial score (nSPS) is 10.7. The third kappa shape index (κ3) is 2.57. The Morgan fingerprint density at radius 3 is 2.67 bits per heavy atom. The van der Waals surface area contributed by atoms with Crippen LogP contribution < -0.4 is 10.6 Å². The van der Waals surface area contributed by atoms with Crippen LogP contribution in [0.15, 0.2) is 34.9 Å². The van der Waals surface area contributed by atoms with Gasteiger partial charge in [-0.1, -0.05) is 17.7 Å². The summed E-state index contributed by atoms with van der Waals surface area (Å²) in [6.07, 6.45) is 1.70. The van der Waals surface area contributed by atoms with Crippen LogP contribution in [0.1, 0.15) is 22.5 Å². The lowest BCUT2D eigenvalue weighted by Gasteiger charge is -2.21. The van der Waals surface area contributed by atoms with Crippen molar-refractivity contribution >= 4 is 5.69 Å². The predicted octanol–water partition coefficient (Wildman–Crippen LogP) is 2.99. The summed E-state index contributed by atoms with van der Waals surface area (Å²) in [5.41, 5.74) is 10.6. The van der Waals surface area contributed by atoms with Crippen molar-refractivity contribution in [2.45, 2.75) is 26.9 Å². The van der Waals surface area contributed by atoms with Crippen molar-refractivity contribution in [1.82, 2.24) is 0 Å². The summed E-state index contributed by atoms with van der Waals surface area (Å²) in [4.78, 5) is 2.22. The molecule has 1 heterocycles. The number of hydrogen-bond acceptors (Lipinski definition) is 3. The summed E-state index contributed by atoms with van der Waals surface area (Å²) in [5.74, 6) is 0.867. The van der Waals surface area contributed by atoms with Crippen molar-refractivity contribution in [1.29, 1.82) is 0 Å². The summed E-state index contributed by atoms with van der Waals surface area (Å²) < 4.78 is 5.35. The molecule has 0 atom stereocenters. The quantitative estimate of drug-likeness (QED) is 0.899. The maximum absolute atomic E-state index is 5.65. The van der Waals surface area contributed by atoms with Crippen molar-refractivity contribution < 1.29 is 4.42 Å². The molecule has 1 aromatic heterocycles. The average Bonchev–Trinajstić information content (AvgIpc) is 2.76. The average molecular weight is 244 g/mol. The van der Waals surface area contributed by atoms with Crippen molar-refractivity contribution in [2.75, 3.05) is 11.9 Å². The molecule has 18 heavy (non-hydrogen) atoms. The van der Waals surface area contributed by atoms with E-state index in [1.807, 2.05) is 6.07 Å². The number of aryl methyl sites for hydroxylation is 2. The molecule has 0 unspecified atom stereocenters. The van der Waals surface area contributed by atoms with Crippen LogP contribution in [0.4, 0.5) is 5.69 Å². The highest BCUT2D eigenvalue weighted by Gasteiger charge is 2.10. The van der Waals surface area contributed by atoms with E-state index in [-0.39, 0.29) is 0 Å². The largest absolute Gasteiger partial charge is 0.468 e. The molecule has 0 aliphatic carbocycles. The molecule has 2 rings (SSSR count). The second-order valence-corrected chi connectivity index (χ2v) is 4.72. The van der Waals surface area contributed by atoms with Gasteiger partial charge in [-0.25, -0.2) is 0 Å². The zero-order valence-corrected chi connectivity index (χ0v) is 11.2. The first-order valence-corrected chi connectivity index (χ1v) is 6.15. The van der Waals surface area contributed by atoms with Crippen LogP contribution in [0.5, 0.6) is 0 Å². The summed E-state index contributed by atoms with van der Waals surface area (Å²) >= 11 is 0. The molecule has 0 fully saturated rings. The lowest BCUT2D eigenvalue weighted by atomic mass is 10.1. The molecule has 0 spiro atoms. The van der Waals surface area contributed by atoms with E-state index in [1.165, 1.54) is 16.8 Å². The molecular weight excluding hydrogens is 224 g/mol. The van der Waals surface area contributed by atoms with Crippen LogP contribution in [0.25, 0.3) is 0 Å². The monoisotopic (exact) mass is 244 g/mol. The van der Waals surface area contributed by atoms with Crippen molar-refractivity contribution in [3.05, 3.63) is 53.0 Å². The Hall–Kier alpha value is -1.74. The zero-order chi connectivity index (χ0) is 13.1. The molecule has 96 valence electrons. The molecule has 0 saturated carbocycles. The van der Waals surface area contributed by atoms with Gasteiger partial charge >= 0.3 is 0 Å². The molecule has 0 saturated heterocycles. The fraction of sp³-hybridized carbons (Fsp3) is 0.333. The summed E-state index contributed by atoms with van der Waals surface area (Å²) in [6, 6.07) is 8.48. The number of rotatable bonds is 4. The second-order valence-electron chi connectivity index (χ2n) is 4.72. The molecule has 1 aromatic carbocycles. The minimum absolute atomic E-state index is 0.447. The van der Waals surface area contributed by atoms with Gasteiger partial charge in [0.25, 0.3) is 0 Å². The Labute approximate surface area is 108 Å². The van der Waals surface area contributed by atoms with Crippen LogP contribution >= 0.6 is 0 Å². The topological polar surface area (TPSA) is 42.4 Å². The molecule has 2 aromatic rings. The van der Waals surface area contributed by atoms with E-state index < -0.39 is 0 Å². The van der Waals surface area contributed by atoms with Crippen LogP contribution in [0.2, 0.25) is 0 Å². The van der Waals surface area contributed by atoms with Gasteiger partial charge in [0.05, 0.1) is 12.8 Å². The van der Waals surface area contributed by atoms with Crippen molar-refractivity contribution in [2.24, 2.45) is 5.73 Å². The van der Waals surface area contributed by atoms with Gasteiger partial charge in [0.1, 0.15) is 5.76 Å². The Balaban J connectivity index is 2.19.